The highest BCUT2D eigenvalue weighted by atomic mass is 79.9. The molecule has 248 valence electrons. The molecule has 0 N–H and O–H groups in total. The summed E-state index contributed by atoms with van der Waals surface area (Å²) in [6.07, 6.45) is 0. The Labute approximate surface area is 299 Å². The second-order valence-electron chi connectivity index (χ2n) is 16.4. The van der Waals surface area contributed by atoms with Crippen LogP contribution in [0.25, 0.3) is 43.8 Å². The van der Waals surface area contributed by atoms with Gasteiger partial charge in [-0.2, -0.15) is 0 Å². The molecule has 0 aliphatic heterocycles. The third kappa shape index (κ3) is 5.97. The van der Waals surface area contributed by atoms with Crippen molar-refractivity contribution in [2.75, 3.05) is 4.90 Å². The molecule has 7 aromatic rings. The molecule has 0 radical (unpaired) electrons. The fraction of sp³-hybridized carbons (Fsp3) is 0.261. The van der Waals surface area contributed by atoms with Gasteiger partial charge in [0.2, 0.25) is 0 Å². The van der Waals surface area contributed by atoms with Crippen molar-refractivity contribution in [3.63, 3.8) is 0 Å². The van der Waals surface area contributed by atoms with E-state index in [9.17, 15) is 0 Å². The molecule has 0 fully saturated rings. The monoisotopic (exact) mass is 707 g/mol. The maximum atomic E-state index is 7.08. The molecule has 3 heteroatoms. The Kier molecular flexibility index (Phi) is 8.07. The minimum absolute atomic E-state index is 0.0114. The van der Waals surface area contributed by atoms with E-state index in [0.29, 0.717) is 0 Å². The van der Waals surface area contributed by atoms with Crippen molar-refractivity contribution >= 4 is 65.7 Å². The molecule has 7 rings (SSSR count). The van der Waals surface area contributed by atoms with Crippen LogP contribution in [-0.2, 0) is 16.2 Å². The van der Waals surface area contributed by atoms with Crippen molar-refractivity contribution in [1.82, 2.24) is 0 Å². The van der Waals surface area contributed by atoms with Crippen molar-refractivity contribution in [2.24, 2.45) is 0 Å². The standard InChI is InChI=1S/C46H46BrNO/c1-44(2,3)29-19-23-31(24-20-29)48(32-25-21-30(22-26-32)45(4,5)6)40-18-12-15-36-35-14-10-13-34(42(35)49-43(36)40)33-27-28-38(46(7,8)9)37-16-11-17-39(47)41(33)37/h10-28H,1-9H3. The second kappa shape index (κ2) is 11.9. The number of halogens is 1. The van der Waals surface area contributed by atoms with Crippen molar-refractivity contribution in [1.29, 1.82) is 0 Å². The first-order valence-corrected chi connectivity index (χ1v) is 18.1. The van der Waals surface area contributed by atoms with Gasteiger partial charge in [0.1, 0.15) is 5.58 Å². The molecule has 49 heavy (non-hydrogen) atoms. The molecule has 0 saturated heterocycles. The van der Waals surface area contributed by atoms with Crippen molar-refractivity contribution in [3.05, 3.63) is 136 Å². The summed E-state index contributed by atoms with van der Waals surface area (Å²) in [5.74, 6) is 0. The van der Waals surface area contributed by atoms with Gasteiger partial charge in [-0.3, -0.25) is 0 Å². The third-order valence-electron chi connectivity index (χ3n) is 9.82. The van der Waals surface area contributed by atoms with Gasteiger partial charge in [-0.05, 0) is 80.3 Å². The minimum Gasteiger partial charge on any atom is -0.453 e. The fourth-order valence-corrected chi connectivity index (χ4v) is 7.66. The Morgan fingerprint density at radius 2 is 0.980 bits per heavy atom. The third-order valence-corrected chi connectivity index (χ3v) is 10.5. The number of nitrogens with zero attached hydrogens (tertiary/aromatic N) is 1. The summed E-state index contributed by atoms with van der Waals surface area (Å²) in [5, 5.41) is 4.69. The lowest BCUT2D eigenvalue weighted by molar-refractivity contribution is 0.590. The fourth-order valence-electron chi connectivity index (χ4n) is 7.08. The zero-order chi connectivity index (χ0) is 34.9. The summed E-state index contributed by atoms with van der Waals surface area (Å²) in [5.41, 5.74) is 11.3. The molecular weight excluding hydrogens is 662 g/mol. The van der Waals surface area contributed by atoms with Crippen LogP contribution >= 0.6 is 15.9 Å². The van der Waals surface area contributed by atoms with Gasteiger partial charge in [0.25, 0.3) is 0 Å². The van der Waals surface area contributed by atoms with E-state index in [-0.39, 0.29) is 16.2 Å². The molecule has 0 bridgehead atoms. The summed E-state index contributed by atoms with van der Waals surface area (Å²) in [7, 11) is 0. The van der Waals surface area contributed by atoms with Crippen LogP contribution in [0.2, 0.25) is 0 Å². The van der Waals surface area contributed by atoms with Gasteiger partial charge in [-0.1, -0.05) is 157 Å². The van der Waals surface area contributed by atoms with Crippen LogP contribution in [0, 0.1) is 0 Å². The van der Waals surface area contributed by atoms with Gasteiger partial charge in [0, 0.05) is 37.6 Å². The van der Waals surface area contributed by atoms with Crippen LogP contribution in [0.5, 0.6) is 0 Å². The van der Waals surface area contributed by atoms with E-state index >= 15 is 0 Å². The molecule has 0 spiro atoms. The lowest BCUT2D eigenvalue weighted by atomic mass is 9.82. The number of benzene rings is 6. The molecule has 0 saturated carbocycles. The average Bonchev–Trinajstić information content (AvgIpc) is 3.44. The number of rotatable bonds is 4. The Hall–Kier alpha value is -4.34. The minimum atomic E-state index is 0.0114. The molecule has 0 atom stereocenters. The van der Waals surface area contributed by atoms with Crippen molar-refractivity contribution in [2.45, 2.75) is 78.6 Å². The van der Waals surface area contributed by atoms with E-state index in [1.807, 2.05) is 0 Å². The first-order chi connectivity index (χ1) is 23.1. The highest BCUT2D eigenvalue weighted by molar-refractivity contribution is 9.10. The summed E-state index contributed by atoms with van der Waals surface area (Å²) in [6, 6.07) is 42.2. The maximum Gasteiger partial charge on any atom is 0.159 e. The van der Waals surface area contributed by atoms with Gasteiger partial charge in [0.05, 0.1) is 5.69 Å². The predicted molar refractivity (Wildman–Crippen MR) is 215 cm³/mol. The first-order valence-electron chi connectivity index (χ1n) is 17.3. The highest BCUT2D eigenvalue weighted by Gasteiger charge is 2.24. The zero-order valence-corrected chi connectivity index (χ0v) is 31.8. The largest absolute Gasteiger partial charge is 0.453 e. The Morgan fingerprint density at radius 3 is 1.53 bits per heavy atom. The average molecular weight is 709 g/mol. The molecule has 2 nitrogen and oxygen atoms in total. The molecule has 1 aromatic heterocycles. The van der Waals surface area contributed by atoms with Crippen LogP contribution in [0.15, 0.2) is 124 Å². The second-order valence-corrected chi connectivity index (χ2v) is 17.3. The van der Waals surface area contributed by atoms with E-state index in [1.165, 1.54) is 27.5 Å². The summed E-state index contributed by atoms with van der Waals surface area (Å²) in [4.78, 5) is 2.34. The number of anilines is 3. The molecule has 0 amide bonds. The van der Waals surface area contributed by atoms with E-state index in [0.717, 1.165) is 54.6 Å². The number of fused-ring (bicyclic) bond motifs is 4. The molecule has 0 aliphatic carbocycles. The topological polar surface area (TPSA) is 16.4 Å². The Bertz CT molecular complexity index is 2260. The summed E-state index contributed by atoms with van der Waals surface area (Å²) in [6.45, 7) is 20.4. The maximum absolute atomic E-state index is 7.08. The van der Waals surface area contributed by atoms with Crippen LogP contribution in [0.1, 0.15) is 79.0 Å². The van der Waals surface area contributed by atoms with E-state index in [2.05, 4.69) is 198 Å². The Morgan fingerprint density at radius 1 is 0.469 bits per heavy atom. The summed E-state index contributed by atoms with van der Waals surface area (Å²) >= 11 is 3.92. The van der Waals surface area contributed by atoms with Gasteiger partial charge in [0.15, 0.2) is 5.58 Å². The Balaban J connectivity index is 1.47. The van der Waals surface area contributed by atoms with Crippen LogP contribution in [0.3, 0.4) is 0 Å². The van der Waals surface area contributed by atoms with E-state index < -0.39 is 0 Å². The predicted octanol–water partition coefficient (Wildman–Crippen LogP) is 14.5. The zero-order valence-electron chi connectivity index (χ0n) is 30.2. The molecule has 6 aromatic carbocycles. The highest BCUT2D eigenvalue weighted by Crippen LogP contribution is 2.47. The van der Waals surface area contributed by atoms with Gasteiger partial charge < -0.3 is 9.32 Å². The number of para-hydroxylation sites is 2. The number of furan rings is 1. The lowest BCUT2D eigenvalue weighted by Gasteiger charge is -2.28. The number of hydrogen-bond donors (Lipinski definition) is 0. The van der Waals surface area contributed by atoms with Gasteiger partial charge >= 0.3 is 0 Å². The molecule has 0 aliphatic rings. The molecule has 1 heterocycles. The number of hydrogen-bond acceptors (Lipinski definition) is 2. The molecular formula is C46H46BrNO. The van der Waals surface area contributed by atoms with E-state index in [4.69, 9.17) is 4.42 Å². The van der Waals surface area contributed by atoms with Crippen LogP contribution in [-0.4, -0.2) is 0 Å². The normalized spacial score (nSPS) is 12.7. The van der Waals surface area contributed by atoms with Crippen LogP contribution < -0.4 is 4.90 Å². The quantitative estimate of drug-likeness (QED) is 0.181. The molecule has 0 unspecified atom stereocenters. The SMILES string of the molecule is CC(C)(C)c1ccc(N(c2ccc(C(C)(C)C)cc2)c2cccc3c2oc2c(-c4ccc(C(C)(C)C)c5cccc(Br)c45)cccc23)cc1. The van der Waals surface area contributed by atoms with Gasteiger partial charge in [-0.15, -0.1) is 0 Å². The first kappa shape index (κ1) is 33.2. The van der Waals surface area contributed by atoms with Crippen LogP contribution in [0.4, 0.5) is 17.1 Å². The van der Waals surface area contributed by atoms with E-state index in [1.54, 1.807) is 0 Å². The lowest BCUT2D eigenvalue weighted by Crippen LogP contribution is -2.14. The summed E-state index contributed by atoms with van der Waals surface area (Å²) < 4.78 is 8.16. The van der Waals surface area contributed by atoms with Crippen molar-refractivity contribution < 1.29 is 4.42 Å². The van der Waals surface area contributed by atoms with Gasteiger partial charge in [-0.25, -0.2) is 0 Å². The smallest absolute Gasteiger partial charge is 0.159 e. The van der Waals surface area contributed by atoms with Crippen molar-refractivity contribution in [3.8, 4) is 11.1 Å².